The summed E-state index contributed by atoms with van der Waals surface area (Å²) in [4.78, 5) is 21.3. The standard InChI is InChI=1S/C19H28N4O/c1-2-22-9-11-23(12-10-22)18-8-7-17(14-20-18)15-21-19(24)13-16-5-3-4-6-16/h3,5,7-8,14,16H,2,4,6,9-13,15H2,1H3,(H,21,24). The number of hydrogen-bond acceptors (Lipinski definition) is 4. The minimum absolute atomic E-state index is 0.131. The quantitative estimate of drug-likeness (QED) is 0.813. The normalized spacial score (nSPS) is 21.2. The number of carbonyl (C=O) groups excluding carboxylic acids is 1. The van der Waals surface area contributed by atoms with Crippen molar-refractivity contribution < 1.29 is 4.79 Å². The zero-order chi connectivity index (χ0) is 16.8. The molecule has 5 heteroatoms. The van der Waals surface area contributed by atoms with Crippen LogP contribution in [0.5, 0.6) is 0 Å². The number of amides is 1. The number of piperazine rings is 1. The van der Waals surface area contributed by atoms with E-state index in [1.165, 1.54) is 0 Å². The third-order valence-electron chi connectivity index (χ3n) is 5.00. The molecule has 5 nitrogen and oxygen atoms in total. The van der Waals surface area contributed by atoms with E-state index in [2.05, 4.69) is 51.3 Å². The van der Waals surface area contributed by atoms with E-state index in [4.69, 9.17) is 0 Å². The fourth-order valence-electron chi connectivity index (χ4n) is 3.38. The number of hydrogen-bond donors (Lipinski definition) is 1. The van der Waals surface area contributed by atoms with Crippen LogP contribution in [0.25, 0.3) is 0 Å². The minimum atomic E-state index is 0.131. The Morgan fingerprint density at radius 1 is 1.29 bits per heavy atom. The lowest BCUT2D eigenvalue weighted by molar-refractivity contribution is -0.121. The van der Waals surface area contributed by atoms with Gasteiger partial charge in [-0.05, 0) is 36.9 Å². The molecule has 1 aromatic rings. The van der Waals surface area contributed by atoms with Gasteiger partial charge >= 0.3 is 0 Å². The topological polar surface area (TPSA) is 48.5 Å². The molecule has 1 aliphatic heterocycles. The highest BCUT2D eigenvalue weighted by molar-refractivity contribution is 5.76. The van der Waals surface area contributed by atoms with E-state index in [0.717, 1.165) is 56.9 Å². The molecule has 0 bridgehead atoms. The maximum Gasteiger partial charge on any atom is 0.220 e. The molecule has 1 aliphatic carbocycles. The van der Waals surface area contributed by atoms with Gasteiger partial charge in [0.2, 0.25) is 5.91 Å². The van der Waals surface area contributed by atoms with Crippen molar-refractivity contribution in [2.45, 2.75) is 32.7 Å². The van der Waals surface area contributed by atoms with Crippen molar-refractivity contribution in [1.29, 1.82) is 0 Å². The van der Waals surface area contributed by atoms with Crippen molar-refractivity contribution in [2.24, 2.45) is 5.92 Å². The van der Waals surface area contributed by atoms with Gasteiger partial charge in [0.25, 0.3) is 0 Å². The summed E-state index contributed by atoms with van der Waals surface area (Å²) in [5, 5.41) is 3.01. The number of allylic oxidation sites excluding steroid dienone is 2. The fourth-order valence-corrected chi connectivity index (χ4v) is 3.38. The van der Waals surface area contributed by atoms with Crippen LogP contribution in [0.15, 0.2) is 30.5 Å². The van der Waals surface area contributed by atoms with E-state index >= 15 is 0 Å². The second-order valence-electron chi connectivity index (χ2n) is 6.69. The van der Waals surface area contributed by atoms with E-state index < -0.39 is 0 Å². The molecule has 1 amide bonds. The van der Waals surface area contributed by atoms with Gasteiger partial charge in [0.05, 0.1) is 0 Å². The molecular weight excluding hydrogens is 300 g/mol. The summed E-state index contributed by atoms with van der Waals surface area (Å²) in [7, 11) is 0. The fraction of sp³-hybridized carbons (Fsp3) is 0.579. The molecule has 2 heterocycles. The molecule has 24 heavy (non-hydrogen) atoms. The summed E-state index contributed by atoms with van der Waals surface area (Å²) in [6.45, 7) is 8.16. The SMILES string of the molecule is CCN1CCN(c2ccc(CNC(=O)CC3C=CCC3)cn2)CC1. The predicted molar refractivity (Wildman–Crippen MR) is 96.9 cm³/mol. The number of carbonyl (C=O) groups is 1. The van der Waals surface area contributed by atoms with Gasteiger partial charge in [-0.15, -0.1) is 0 Å². The average molecular weight is 328 g/mol. The lowest BCUT2D eigenvalue weighted by Crippen LogP contribution is -2.46. The molecule has 1 atom stereocenters. The molecule has 0 saturated carbocycles. The number of rotatable bonds is 6. The number of anilines is 1. The van der Waals surface area contributed by atoms with Crippen molar-refractivity contribution in [3.05, 3.63) is 36.0 Å². The Morgan fingerprint density at radius 2 is 2.12 bits per heavy atom. The minimum Gasteiger partial charge on any atom is -0.354 e. The van der Waals surface area contributed by atoms with E-state index in [-0.39, 0.29) is 5.91 Å². The number of pyridine rings is 1. The lowest BCUT2D eigenvalue weighted by Gasteiger charge is -2.34. The van der Waals surface area contributed by atoms with E-state index in [1.54, 1.807) is 0 Å². The first-order chi connectivity index (χ1) is 11.7. The largest absolute Gasteiger partial charge is 0.354 e. The number of aromatic nitrogens is 1. The summed E-state index contributed by atoms with van der Waals surface area (Å²) < 4.78 is 0. The highest BCUT2D eigenvalue weighted by Crippen LogP contribution is 2.20. The molecule has 1 unspecified atom stereocenters. The van der Waals surface area contributed by atoms with Crippen LogP contribution in [0.3, 0.4) is 0 Å². The zero-order valence-corrected chi connectivity index (χ0v) is 14.6. The highest BCUT2D eigenvalue weighted by Gasteiger charge is 2.17. The van der Waals surface area contributed by atoms with Gasteiger partial charge in [0.15, 0.2) is 0 Å². The summed E-state index contributed by atoms with van der Waals surface area (Å²) in [6, 6.07) is 4.15. The van der Waals surface area contributed by atoms with Crippen LogP contribution in [-0.2, 0) is 11.3 Å². The van der Waals surface area contributed by atoms with Gasteiger partial charge in [-0.25, -0.2) is 4.98 Å². The average Bonchev–Trinajstić information content (AvgIpc) is 3.13. The Bertz CT molecular complexity index is 561. The van der Waals surface area contributed by atoms with Gasteiger partial charge in [0, 0.05) is 45.3 Å². The summed E-state index contributed by atoms with van der Waals surface area (Å²) >= 11 is 0. The molecule has 1 aromatic heterocycles. The van der Waals surface area contributed by atoms with Gasteiger partial charge in [-0.3, -0.25) is 4.79 Å². The first kappa shape index (κ1) is 17.0. The smallest absolute Gasteiger partial charge is 0.220 e. The first-order valence-corrected chi connectivity index (χ1v) is 9.10. The van der Waals surface area contributed by atoms with Crippen molar-refractivity contribution in [3.63, 3.8) is 0 Å². The second kappa shape index (κ2) is 8.29. The first-order valence-electron chi connectivity index (χ1n) is 9.10. The van der Waals surface area contributed by atoms with Crippen LogP contribution in [0.2, 0.25) is 0 Å². The van der Waals surface area contributed by atoms with Crippen molar-refractivity contribution in [2.75, 3.05) is 37.6 Å². The number of nitrogens with one attached hydrogen (secondary N) is 1. The Hall–Kier alpha value is -1.88. The molecule has 2 aliphatic rings. The van der Waals surface area contributed by atoms with Crippen LogP contribution in [0, 0.1) is 5.92 Å². The Labute approximate surface area is 144 Å². The van der Waals surface area contributed by atoms with Crippen LogP contribution in [0.1, 0.15) is 31.7 Å². The zero-order valence-electron chi connectivity index (χ0n) is 14.6. The number of likely N-dealkylation sites (N-methyl/N-ethyl adjacent to an activating group) is 1. The molecule has 0 spiro atoms. The van der Waals surface area contributed by atoms with E-state index in [1.807, 2.05) is 6.20 Å². The second-order valence-corrected chi connectivity index (χ2v) is 6.69. The van der Waals surface area contributed by atoms with Crippen molar-refractivity contribution in [1.82, 2.24) is 15.2 Å². The Balaban J connectivity index is 1.44. The monoisotopic (exact) mass is 328 g/mol. The van der Waals surface area contributed by atoms with Gasteiger partial charge in [-0.1, -0.05) is 25.1 Å². The summed E-state index contributed by atoms with van der Waals surface area (Å²) in [5.41, 5.74) is 1.06. The Kier molecular flexibility index (Phi) is 5.86. The molecule has 1 fully saturated rings. The number of nitrogens with zero attached hydrogens (tertiary/aromatic N) is 3. The van der Waals surface area contributed by atoms with Crippen molar-refractivity contribution in [3.8, 4) is 0 Å². The molecule has 0 aromatic carbocycles. The van der Waals surface area contributed by atoms with Crippen LogP contribution >= 0.6 is 0 Å². The Morgan fingerprint density at radius 3 is 2.75 bits per heavy atom. The third-order valence-corrected chi connectivity index (χ3v) is 5.00. The maximum atomic E-state index is 12.0. The van der Waals surface area contributed by atoms with Crippen LogP contribution in [-0.4, -0.2) is 48.5 Å². The predicted octanol–water partition coefficient (Wildman–Crippen LogP) is 2.20. The molecule has 3 rings (SSSR count). The van der Waals surface area contributed by atoms with Crippen LogP contribution in [0.4, 0.5) is 5.82 Å². The molecule has 130 valence electrons. The van der Waals surface area contributed by atoms with Gasteiger partial charge < -0.3 is 15.1 Å². The summed E-state index contributed by atoms with van der Waals surface area (Å²) in [6.07, 6.45) is 9.03. The van der Waals surface area contributed by atoms with Gasteiger partial charge in [0.1, 0.15) is 5.82 Å². The van der Waals surface area contributed by atoms with E-state index in [9.17, 15) is 4.79 Å². The van der Waals surface area contributed by atoms with Crippen molar-refractivity contribution >= 4 is 11.7 Å². The third kappa shape index (κ3) is 4.57. The molecule has 1 saturated heterocycles. The highest BCUT2D eigenvalue weighted by atomic mass is 16.1. The molecule has 0 radical (unpaired) electrons. The molecule has 1 N–H and O–H groups in total. The van der Waals surface area contributed by atoms with Gasteiger partial charge in [-0.2, -0.15) is 0 Å². The van der Waals surface area contributed by atoms with Crippen LogP contribution < -0.4 is 10.2 Å². The van der Waals surface area contributed by atoms with E-state index in [0.29, 0.717) is 18.9 Å². The summed E-state index contributed by atoms with van der Waals surface area (Å²) in [5.74, 6) is 1.59. The maximum absolute atomic E-state index is 12.0. The molecular formula is C19H28N4O. The lowest BCUT2D eigenvalue weighted by atomic mass is 10.1.